The van der Waals surface area contributed by atoms with Gasteiger partial charge in [0.2, 0.25) is 0 Å². The van der Waals surface area contributed by atoms with Crippen LogP contribution >= 0.6 is 11.3 Å². The number of nitrogens with one attached hydrogen (secondary N) is 1. The standard InChI is InChI=1S/C11H11N3O2S/c1-6-5-12-11(17-6)14-9-4-3-8(10(15)16)7(2)13-9/h3-5H,1-2H3,(H,15,16)(H,12,13,14). The molecular formula is C11H11N3O2S. The lowest BCUT2D eigenvalue weighted by Gasteiger charge is -2.04. The predicted octanol–water partition coefficient (Wildman–Crippen LogP) is 2.60. The molecule has 0 fully saturated rings. The van der Waals surface area contributed by atoms with Crippen molar-refractivity contribution in [2.75, 3.05) is 5.32 Å². The molecule has 0 aliphatic rings. The highest BCUT2D eigenvalue weighted by Gasteiger charge is 2.09. The Labute approximate surface area is 102 Å². The summed E-state index contributed by atoms with van der Waals surface area (Å²) in [6, 6.07) is 3.17. The summed E-state index contributed by atoms with van der Waals surface area (Å²) in [5.74, 6) is -0.367. The van der Waals surface area contributed by atoms with Crippen molar-refractivity contribution >= 4 is 28.3 Å². The smallest absolute Gasteiger partial charge is 0.337 e. The molecule has 88 valence electrons. The van der Waals surface area contributed by atoms with E-state index in [4.69, 9.17) is 5.11 Å². The number of pyridine rings is 1. The van der Waals surface area contributed by atoms with Crippen LogP contribution in [-0.4, -0.2) is 21.0 Å². The molecule has 0 aliphatic carbocycles. The molecular weight excluding hydrogens is 238 g/mol. The maximum absolute atomic E-state index is 10.8. The summed E-state index contributed by atoms with van der Waals surface area (Å²) in [5, 5.41) is 12.7. The number of carboxylic acid groups (broad SMARTS) is 1. The Morgan fingerprint density at radius 3 is 2.71 bits per heavy atom. The van der Waals surface area contributed by atoms with Crippen molar-refractivity contribution in [2.24, 2.45) is 0 Å². The van der Waals surface area contributed by atoms with E-state index in [9.17, 15) is 4.79 Å². The first-order chi connectivity index (χ1) is 8.06. The molecule has 17 heavy (non-hydrogen) atoms. The average molecular weight is 249 g/mol. The van der Waals surface area contributed by atoms with Crippen LogP contribution in [0.2, 0.25) is 0 Å². The van der Waals surface area contributed by atoms with E-state index in [1.807, 2.05) is 6.92 Å². The number of aryl methyl sites for hydroxylation is 2. The summed E-state index contributed by atoms with van der Waals surface area (Å²) in [7, 11) is 0. The van der Waals surface area contributed by atoms with Gasteiger partial charge in [0.05, 0.1) is 11.3 Å². The van der Waals surface area contributed by atoms with E-state index < -0.39 is 5.97 Å². The van der Waals surface area contributed by atoms with Gasteiger partial charge in [-0.15, -0.1) is 11.3 Å². The Hall–Kier alpha value is -1.95. The van der Waals surface area contributed by atoms with Crippen LogP contribution in [0.25, 0.3) is 0 Å². The molecule has 0 radical (unpaired) electrons. The molecule has 0 amide bonds. The summed E-state index contributed by atoms with van der Waals surface area (Å²) in [6.45, 7) is 3.64. The highest BCUT2D eigenvalue weighted by molar-refractivity contribution is 7.15. The Kier molecular flexibility index (Phi) is 3.06. The number of carbonyl (C=O) groups is 1. The van der Waals surface area contributed by atoms with Crippen molar-refractivity contribution in [3.8, 4) is 0 Å². The summed E-state index contributed by atoms with van der Waals surface area (Å²) in [6.07, 6.45) is 1.77. The number of hydrogen-bond donors (Lipinski definition) is 2. The lowest BCUT2D eigenvalue weighted by molar-refractivity contribution is 0.0695. The third-order valence-electron chi connectivity index (χ3n) is 2.17. The maximum Gasteiger partial charge on any atom is 0.337 e. The maximum atomic E-state index is 10.8. The van der Waals surface area contributed by atoms with E-state index in [0.717, 1.165) is 10.0 Å². The minimum atomic E-state index is -0.966. The topological polar surface area (TPSA) is 75.1 Å². The van der Waals surface area contributed by atoms with E-state index in [0.29, 0.717) is 11.5 Å². The number of anilines is 2. The number of carboxylic acids is 1. The molecule has 0 atom stereocenters. The fourth-order valence-corrected chi connectivity index (χ4v) is 2.05. The minimum Gasteiger partial charge on any atom is -0.478 e. The fourth-order valence-electron chi connectivity index (χ4n) is 1.38. The zero-order valence-corrected chi connectivity index (χ0v) is 10.2. The van der Waals surface area contributed by atoms with Gasteiger partial charge in [-0.25, -0.2) is 14.8 Å². The van der Waals surface area contributed by atoms with Gasteiger partial charge in [0.15, 0.2) is 5.13 Å². The first kappa shape index (κ1) is 11.5. The Morgan fingerprint density at radius 2 is 2.18 bits per heavy atom. The molecule has 5 nitrogen and oxygen atoms in total. The zero-order valence-electron chi connectivity index (χ0n) is 9.39. The van der Waals surface area contributed by atoms with Crippen LogP contribution in [0.3, 0.4) is 0 Å². The van der Waals surface area contributed by atoms with Crippen LogP contribution in [-0.2, 0) is 0 Å². The van der Waals surface area contributed by atoms with Crippen molar-refractivity contribution in [1.82, 2.24) is 9.97 Å². The van der Waals surface area contributed by atoms with Crippen molar-refractivity contribution in [3.63, 3.8) is 0 Å². The zero-order chi connectivity index (χ0) is 12.4. The van der Waals surface area contributed by atoms with Gasteiger partial charge in [0.25, 0.3) is 0 Å². The monoisotopic (exact) mass is 249 g/mol. The molecule has 0 aliphatic heterocycles. The van der Waals surface area contributed by atoms with Gasteiger partial charge in [-0.2, -0.15) is 0 Å². The van der Waals surface area contributed by atoms with Crippen molar-refractivity contribution in [2.45, 2.75) is 13.8 Å². The third kappa shape index (κ3) is 2.59. The number of thiazole rings is 1. The number of aromatic carboxylic acids is 1. The van der Waals surface area contributed by atoms with Crippen LogP contribution in [0.15, 0.2) is 18.3 Å². The Balaban J connectivity index is 2.23. The van der Waals surface area contributed by atoms with Crippen LogP contribution in [0.4, 0.5) is 10.9 Å². The molecule has 2 N–H and O–H groups in total. The van der Waals surface area contributed by atoms with Gasteiger partial charge in [0.1, 0.15) is 5.82 Å². The Morgan fingerprint density at radius 1 is 1.41 bits per heavy atom. The second-order valence-electron chi connectivity index (χ2n) is 3.54. The molecule has 2 aromatic heterocycles. The molecule has 0 saturated heterocycles. The predicted molar refractivity (Wildman–Crippen MR) is 66.1 cm³/mol. The van der Waals surface area contributed by atoms with E-state index in [-0.39, 0.29) is 5.56 Å². The van der Waals surface area contributed by atoms with Crippen LogP contribution < -0.4 is 5.32 Å². The first-order valence-corrected chi connectivity index (χ1v) is 5.78. The molecule has 0 aromatic carbocycles. The largest absolute Gasteiger partial charge is 0.478 e. The van der Waals surface area contributed by atoms with Crippen LogP contribution in [0.1, 0.15) is 20.9 Å². The van der Waals surface area contributed by atoms with Crippen molar-refractivity contribution in [3.05, 3.63) is 34.5 Å². The van der Waals surface area contributed by atoms with Gasteiger partial charge in [-0.05, 0) is 26.0 Å². The second-order valence-corrected chi connectivity index (χ2v) is 4.77. The quantitative estimate of drug-likeness (QED) is 0.874. The normalized spacial score (nSPS) is 10.2. The number of nitrogens with zero attached hydrogens (tertiary/aromatic N) is 2. The number of hydrogen-bond acceptors (Lipinski definition) is 5. The molecule has 0 unspecified atom stereocenters. The molecule has 6 heteroatoms. The van der Waals surface area contributed by atoms with E-state index in [1.165, 1.54) is 17.4 Å². The summed E-state index contributed by atoms with van der Waals surface area (Å²) in [4.78, 5) is 20.3. The van der Waals surface area contributed by atoms with E-state index >= 15 is 0 Å². The number of rotatable bonds is 3. The van der Waals surface area contributed by atoms with Crippen LogP contribution in [0, 0.1) is 13.8 Å². The average Bonchev–Trinajstić information content (AvgIpc) is 2.63. The number of aromatic nitrogens is 2. The molecule has 2 rings (SSSR count). The highest BCUT2D eigenvalue weighted by Crippen LogP contribution is 2.21. The van der Waals surface area contributed by atoms with Crippen molar-refractivity contribution < 1.29 is 9.90 Å². The van der Waals surface area contributed by atoms with E-state index in [2.05, 4.69) is 15.3 Å². The second kappa shape index (κ2) is 4.50. The highest BCUT2D eigenvalue weighted by atomic mass is 32.1. The molecule has 0 spiro atoms. The lowest BCUT2D eigenvalue weighted by atomic mass is 10.2. The SMILES string of the molecule is Cc1cnc(Nc2ccc(C(=O)O)c(C)n2)s1. The van der Waals surface area contributed by atoms with Gasteiger partial charge >= 0.3 is 5.97 Å². The van der Waals surface area contributed by atoms with Gasteiger partial charge in [-0.1, -0.05) is 0 Å². The summed E-state index contributed by atoms with van der Waals surface area (Å²) >= 11 is 1.52. The van der Waals surface area contributed by atoms with Crippen molar-refractivity contribution in [1.29, 1.82) is 0 Å². The lowest BCUT2D eigenvalue weighted by Crippen LogP contribution is -2.03. The summed E-state index contributed by atoms with van der Waals surface area (Å²) in [5.41, 5.74) is 0.696. The molecule has 0 saturated carbocycles. The third-order valence-corrected chi connectivity index (χ3v) is 3.00. The van der Waals surface area contributed by atoms with Gasteiger partial charge in [-0.3, -0.25) is 0 Å². The first-order valence-electron chi connectivity index (χ1n) is 4.96. The molecule has 2 aromatic rings. The minimum absolute atomic E-state index is 0.214. The van der Waals surface area contributed by atoms with E-state index in [1.54, 1.807) is 19.2 Å². The van der Waals surface area contributed by atoms with Gasteiger partial charge in [0, 0.05) is 11.1 Å². The summed E-state index contributed by atoms with van der Waals surface area (Å²) < 4.78 is 0. The Bertz CT molecular complexity index is 566. The van der Waals surface area contributed by atoms with Crippen LogP contribution in [0.5, 0.6) is 0 Å². The molecule has 2 heterocycles. The molecule has 0 bridgehead atoms. The fraction of sp³-hybridized carbons (Fsp3) is 0.182. The van der Waals surface area contributed by atoms with Gasteiger partial charge < -0.3 is 10.4 Å².